The number of ether oxygens (including phenoxy) is 2. The van der Waals surface area contributed by atoms with Crippen molar-refractivity contribution in [3.05, 3.63) is 81.5 Å². The summed E-state index contributed by atoms with van der Waals surface area (Å²) in [6, 6.07) is 13.7. The number of rotatable bonds is 8. The van der Waals surface area contributed by atoms with Crippen LogP contribution in [0.15, 0.2) is 65.9 Å². The number of hydrogen-bond acceptors (Lipinski definition) is 6. The third-order valence-corrected chi connectivity index (χ3v) is 4.81. The Bertz CT molecular complexity index is 988. The maximum Gasteiger partial charge on any atom is 0.338 e. The van der Waals surface area contributed by atoms with Gasteiger partial charge < -0.3 is 14.8 Å². The highest BCUT2D eigenvalue weighted by Crippen LogP contribution is 2.32. The molecule has 1 N–H and O–H groups in total. The fourth-order valence-electron chi connectivity index (χ4n) is 3.35. The maximum atomic E-state index is 12.9. The monoisotopic (exact) mass is 425 g/mol. The van der Waals surface area contributed by atoms with E-state index in [1.54, 1.807) is 13.8 Å². The van der Waals surface area contributed by atoms with E-state index in [-0.39, 0.29) is 30.5 Å². The van der Waals surface area contributed by atoms with Crippen molar-refractivity contribution in [2.45, 2.75) is 19.9 Å². The average Bonchev–Trinajstić information content (AvgIpc) is 2.78. The normalized spacial score (nSPS) is 16.0. The average molecular weight is 425 g/mol. The van der Waals surface area contributed by atoms with E-state index in [0.717, 1.165) is 5.56 Å². The SMILES string of the molecule is CCOC(=O)C1=C(COc2ccc([N+](=O)[O-])cc2)N(CC)C(=O)N[C@H]1c1ccccc1. The van der Waals surface area contributed by atoms with E-state index in [0.29, 0.717) is 18.0 Å². The maximum absolute atomic E-state index is 12.9. The molecule has 3 rings (SSSR count). The summed E-state index contributed by atoms with van der Waals surface area (Å²) in [5.41, 5.74) is 1.35. The van der Waals surface area contributed by atoms with Crippen LogP contribution < -0.4 is 10.1 Å². The van der Waals surface area contributed by atoms with E-state index >= 15 is 0 Å². The standard InChI is InChI=1S/C22H23N3O6/c1-3-24-18(14-31-17-12-10-16(11-13-17)25(28)29)19(21(26)30-4-2)20(23-22(24)27)15-8-6-5-7-9-15/h5-13,20H,3-4,14H2,1-2H3,(H,23,27)/t20-/m0/s1. The summed E-state index contributed by atoms with van der Waals surface area (Å²) in [7, 11) is 0. The molecule has 1 atom stereocenters. The van der Waals surface area contributed by atoms with Gasteiger partial charge in [0.15, 0.2) is 0 Å². The predicted octanol–water partition coefficient (Wildman–Crippen LogP) is 3.58. The first kappa shape index (κ1) is 21.8. The van der Waals surface area contributed by atoms with Gasteiger partial charge in [0.25, 0.3) is 5.69 Å². The first-order valence-electron chi connectivity index (χ1n) is 9.86. The van der Waals surface area contributed by atoms with Crippen molar-refractivity contribution in [3.63, 3.8) is 0 Å². The number of nitro groups is 1. The summed E-state index contributed by atoms with van der Waals surface area (Å²) in [5.74, 6) is -0.170. The van der Waals surface area contributed by atoms with Crippen LogP contribution in [-0.2, 0) is 9.53 Å². The lowest BCUT2D eigenvalue weighted by molar-refractivity contribution is -0.384. The number of amides is 2. The molecule has 31 heavy (non-hydrogen) atoms. The van der Waals surface area contributed by atoms with Crippen LogP contribution in [0, 0.1) is 10.1 Å². The Morgan fingerprint density at radius 2 is 1.81 bits per heavy atom. The van der Waals surface area contributed by atoms with Gasteiger partial charge in [0.2, 0.25) is 0 Å². The second-order valence-electron chi connectivity index (χ2n) is 6.66. The van der Waals surface area contributed by atoms with E-state index in [4.69, 9.17) is 9.47 Å². The molecule has 0 fully saturated rings. The highest BCUT2D eigenvalue weighted by molar-refractivity contribution is 5.95. The van der Waals surface area contributed by atoms with Crippen molar-refractivity contribution in [1.82, 2.24) is 10.2 Å². The molecule has 0 radical (unpaired) electrons. The van der Waals surface area contributed by atoms with Crippen molar-refractivity contribution >= 4 is 17.7 Å². The van der Waals surface area contributed by atoms with Crippen molar-refractivity contribution in [1.29, 1.82) is 0 Å². The van der Waals surface area contributed by atoms with Crippen LogP contribution in [0.5, 0.6) is 5.75 Å². The van der Waals surface area contributed by atoms with Gasteiger partial charge in [0, 0.05) is 18.7 Å². The van der Waals surface area contributed by atoms with Crippen molar-refractivity contribution in [3.8, 4) is 5.75 Å². The van der Waals surface area contributed by atoms with Crippen LogP contribution in [0.1, 0.15) is 25.5 Å². The first-order valence-corrected chi connectivity index (χ1v) is 9.86. The number of benzene rings is 2. The molecule has 9 nitrogen and oxygen atoms in total. The second kappa shape index (κ2) is 9.75. The van der Waals surface area contributed by atoms with Gasteiger partial charge in [-0.2, -0.15) is 0 Å². The minimum absolute atomic E-state index is 0.0600. The van der Waals surface area contributed by atoms with Gasteiger partial charge in [-0.25, -0.2) is 9.59 Å². The molecule has 2 aromatic carbocycles. The van der Waals surface area contributed by atoms with E-state index in [1.165, 1.54) is 29.2 Å². The molecule has 0 unspecified atom stereocenters. The molecule has 0 spiro atoms. The molecule has 0 aromatic heterocycles. The fourth-order valence-corrected chi connectivity index (χ4v) is 3.35. The summed E-state index contributed by atoms with van der Waals surface area (Å²) in [6.07, 6.45) is 0. The third-order valence-electron chi connectivity index (χ3n) is 4.81. The quantitative estimate of drug-likeness (QED) is 0.393. The number of likely N-dealkylation sites (N-methyl/N-ethyl adjacent to an activating group) is 1. The Morgan fingerprint density at radius 1 is 1.13 bits per heavy atom. The molecule has 2 aromatic rings. The van der Waals surface area contributed by atoms with Crippen LogP contribution in [0.4, 0.5) is 10.5 Å². The first-order chi connectivity index (χ1) is 15.0. The van der Waals surface area contributed by atoms with Crippen LogP contribution in [0.3, 0.4) is 0 Å². The molecular formula is C22H23N3O6. The Hall–Kier alpha value is -3.88. The smallest absolute Gasteiger partial charge is 0.338 e. The highest BCUT2D eigenvalue weighted by Gasteiger charge is 2.37. The molecule has 162 valence electrons. The molecule has 0 saturated heterocycles. The van der Waals surface area contributed by atoms with E-state index in [1.807, 2.05) is 30.3 Å². The number of carbonyl (C=O) groups excluding carboxylic acids is 2. The van der Waals surface area contributed by atoms with Gasteiger partial charge >= 0.3 is 12.0 Å². The Kier molecular flexibility index (Phi) is 6.86. The van der Waals surface area contributed by atoms with Gasteiger partial charge in [-0.1, -0.05) is 30.3 Å². The zero-order chi connectivity index (χ0) is 22.4. The van der Waals surface area contributed by atoms with Crippen LogP contribution in [0.25, 0.3) is 0 Å². The Labute approximate surface area is 179 Å². The minimum Gasteiger partial charge on any atom is -0.487 e. The van der Waals surface area contributed by atoms with Crippen LogP contribution in [-0.4, -0.2) is 41.6 Å². The molecule has 0 saturated carbocycles. The summed E-state index contributed by atoms with van der Waals surface area (Å²) < 4.78 is 11.1. The van der Waals surface area contributed by atoms with Crippen molar-refractivity contribution in [2.75, 3.05) is 19.8 Å². The third kappa shape index (κ3) is 4.82. The highest BCUT2D eigenvalue weighted by atomic mass is 16.6. The number of esters is 1. The number of carbonyl (C=O) groups is 2. The van der Waals surface area contributed by atoms with Gasteiger partial charge in [-0.3, -0.25) is 15.0 Å². The molecule has 2 amide bonds. The van der Waals surface area contributed by atoms with Crippen LogP contribution >= 0.6 is 0 Å². The molecular weight excluding hydrogens is 402 g/mol. The number of non-ortho nitro benzene ring substituents is 1. The minimum atomic E-state index is -0.689. The lowest BCUT2D eigenvalue weighted by atomic mass is 9.94. The molecule has 0 bridgehead atoms. The van der Waals surface area contributed by atoms with Gasteiger partial charge in [0.05, 0.1) is 28.8 Å². The Morgan fingerprint density at radius 3 is 2.39 bits per heavy atom. The molecule has 1 heterocycles. The Balaban J connectivity index is 2.00. The largest absolute Gasteiger partial charge is 0.487 e. The molecule has 9 heteroatoms. The second-order valence-corrected chi connectivity index (χ2v) is 6.66. The number of hydrogen-bond donors (Lipinski definition) is 1. The summed E-state index contributed by atoms with van der Waals surface area (Å²) in [6.45, 7) is 3.91. The fraction of sp³-hybridized carbons (Fsp3) is 0.273. The lowest BCUT2D eigenvalue weighted by Gasteiger charge is -2.36. The van der Waals surface area contributed by atoms with Gasteiger partial charge in [0.1, 0.15) is 12.4 Å². The van der Waals surface area contributed by atoms with Gasteiger partial charge in [-0.05, 0) is 31.5 Å². The van der Waals surface area contributed by atoms with Crippen molar-refractivity contribution < 1.29 is 24.0 Å². The van der Waals surface area contributed by atoms with E-state index in [2.05, 4.69) is 5.32 Å². The summed E-state index contributed by atoms with van der Waals surface area (Å²) in [5, 5.41) is 13.7. The number of nitrogens with zero attached hydrogens (tertiary/aromatic N) is 2. The zero-order valence-corrected chi connectivity index (χ0v) is 17.2. The molecule has 1 aliphatic heterocycles. The van der Waals surface area contributed by atoms with E-state index in [9.17, 15) is 19.7 Å². The molecule has 0 aliphatic carbocycles. The summed E-state index contributed by atoms with van der Waals surface area (Å²) in [4.78, 5) is 37.4. The topological polar surface area (TPSA) is 111 Å². The number of nitrogens with one attached hydrogen (secondary N) is 1. The van der Waals surface area contributed by atoms with Gasteiger partial charge in [-0.15, -0.1) is 0 Å². The predicted molar refractivity (Wildman–Crippen MR) is 112 cm³/mol. The summed E-state index contributed by atoms with van der Waals surface area (Å²) >= 11 is 0. The zero-order valence-electron chi connectivity index (χ0n) is 17.2. The lowest BCUT2D eigenvalue weighted by Crippen LogP contribution is -2.49. The number of nitro benzene ring substituents is 1. The van der Waals surface area contributed by atoms with E-state index < -0.39 is 16.9 Å². The van der Waals surface area contributed by atoms with Crippen molar-refractivity contribution in [2.24, 2.45) is 0 Å². The number of urea groups is 1. The van der Waals surface area contributed by atoms with Crippen LogP contribution in [0.2, 0.25) is 0 Å². The molecule has 1 aliphatic rings.